The van der Waals surface area contributed by atoms with Crippen molar-refractivity contribution in [3.05, 3.63) is 15.9 Å². The van der Waals surface area contributed by atoms with Crippen LogP contribution in [0.2, 0.25) is 0 Å². The Morgan fingerprint density at radius 1 is 1.45 bits per heavy atom. The van der Waals surface area contributed by atoms with E-state index >= 15 is 0 Å². The molecule has 2 rings (SSSR count). The van der Waals surface area contributed by atoms with Crippen molar-refractivity contribution in [2.45, 2.75) is 58.9 Å². The van der Waals surface area contributed by atoms with Crippen molar-refractivity contribution in [1.82, 2.24) is 9.78 Å². The molecule has 3 atom stereocenters. The smallest absolute Gasteiger partial charge is 0.0738 e. The second-order valence-corrected chi connectivity index (χ2v) is 7.91. The summed E-state index contributed by atoms with van der Waals surface area (Å²) < 4.78 is 3.12. The molecule has 20 heavy (non-hydrogen) atoms. The van der Waals surface area contributed by atoms with Gasteiger partial charge >= 0.3 is 0 Å². The van der Waals surface area contributed by atoms with Crippen LogP contribution in [0, 0.1) is 24.7 Å². The van der Waals surface area contributed by atoms with Crippen LogP contribution in [0.1, 0.15) is 51.4 Å². The Morgan fingerprint density at radius 2 is 2.10 bits per heavy atom. The van der Waals surface area contributed by atoms with Gasteiger partial charge in [0.2, 0.25) is 0 Å². The van der Waals surface area contributed by atoms with E-state index in [1.54, 1.807) is 0 Å². The Hall–Kier alpha value is -0.350. The van der Waals surface area contributed by atoms with Gasteiger partial charge in [0.15, 0.2) is 0 Å². The Morgan fingerprint density at radius 3 is 2.60 bits per heavy atom. The number of nitrogens with two attached hydrogens (primary N) is 1. The fourth-order valence-corrected chi connectivity index (χ4v) is 4.51. The average molecular weight is 342 g/mol. The second-order valence-electron chi connectivity index (χ2n) is 7.12. The molecule has 1 aliphatic carbocycles. The Labute approximate surface area is 131 Å². The van der Waals surface area contributed by atoms with Gasteiger partial charge in [-0.15, -0.1) is 0 Å². The summed E-state index contributed by atoms with van der Waals surface area (Å²) in [6.45, 7) is 9.00. The molecule has 1 saturated carbocycles. The van der Waals surface area contributed by atoms with E-state index in [9.17, 15) is 0 Å². The first-order chi connectivity index (χ1) is 9.24. The standard InChI is InChI=1S/C16H28BrN3/c1-10(2)13-7-6-11(3)8-16(13,18)9-14-15(17)12(4)19-20(14)5/h10-11,13H,6-9,18H2,1-5H3. The number of aryl methyl sites for hydroxylation is 2. The molecule has 1 aromatic rings. The van der Waals surface area contributed by atoms with Crippen molar-refractivity contribution in [2.24, 2.45) is 30.5 Å². The van der Waals surface area contributed by atoms with E-state index in [2.05, 4.69) is 41.8 Å². The molecule has 0 saturated heterocycles. The maximum absolute atomic E-state index is 6.91. The minimum absolute atomic E-state index is 0.103. The lowest BCUT2D eigenvalue weighted by atomic mass is 9.64. The molecule has 2 N–H and O–H groups in total. The monoisotopic (exact) mass is 341 g/mol. The summed E-state index contributed by atoms with van der Waals surface area (Å²) in [7, 11) is 2.02. The van der Waals surface area contributed by atoms with Gasteiger partial charge in [-0.05, 0) is 53.4 Å². The summed E-state index contributed by atoms with van der Waals surface area (Å²) in [4.78, 5) is 0. The van der Waals surface area contributed by atoms with E-state index in [1.165, 1.54) is 18.5 Å². The highest BCUT2D eigenvalue weighted by Crippen LogP contribution is 2.42. The molecule has 0 amide bonds. The molecule has 0 aromatic carbocycles. The molecular weight excluding hydrogens is 314 g/mol. The zero-order valence-corrected chi connectivity index (χ0v) is 15.0. The summed E-state index contributed by atoms with van der Waals surface area (Å²) >= 11 is 3.69. The zero-order chi connectivity index (χ0) is 15.1. The van der Waals surface area contributed by atoms with Gasteiger partial charge < -0.3 is 5.73 Å². The van der Waals surface area contributed by atoms with E-state index in [4.69, 9.17) is 5.73 Å². The molecule has 3 nitrogen and oxygen atoms in total. The first-order valence-electron chi connectivity index (χ1n) is 7.71. The minimum Gasteiger partial charge on any atom is -0.324 e. The van der Waals surface area contributed by atoms with E-state index in [-0.39, 0.29) is 5.54 Å². The highest BCUT2D eigenvalue weighted by Gasteiger charge is 2.42. The highest BCUT2D eigenvalue weighted by molar-refractivity contribution is 9.10. The Kier molecular flexibility index (Phi) is 4.65. The molecule has 114 valence electrons. The first-order valence-corrected chi connectivity index (χ1v) is 8.50. The molecule has 1 aromatic heterocycles. The maximum atomic E-state index is 6.91. The molecule has 1 aliphatic rings. The number of hydrogen-bond acceptors (Lipinski definition) is 2. The van der Waals surface area contributed by atoms with Crippen LogP contribution in [0.5, 0.6) is 0 Å². The van der Waals surface area contributed by atoms with Gasteiger partial charge in [0.1, 0.15) is 0 Å². The molecular formula is C16H28BrN3. The fraction of sp³-hybridized carbons (Fsp3) is 0.812. The SMILES string of the molecule is Cc1nn(C)c(CC2(N)CC(C)CCC2C(C)C)c1Br. The third-order valence-electron chi connectivity index (χ3n) is 5.00. The normalized spacial score (nSPS) is 31.0. The largest absolute Gasteiger partial charge is 0.324 e. The van der Waals surface area contributed by atoms with Crippen molar-refractivity contribution >= 4 is 15.9 Å². The van der Waals surface area contributed by atoms with Gasteiger partial charge in [-0.1, -0.05) is 27.2 Å². The predicted molar refractivity (Wildman–Crippen MR) is 87.6 cm³/mol. The van der Waals surface area contributed by atoms with E-state index in [0.29, 0.717) is 11.8 Å². The average Bonchev–Trinajstić information content (AvgIpc) is 2.55. The summed E-state index contributed by atoms with van der Waals surface area (Å²) in [6, 6.07) is 0. The van der Waals surface area contributed by atoms with Crippen LogP contribution in [0.25, 0.3) is 0 Å². The number of nitrogens with zero attached hydrogens (tertiary/aromatic N) is 2. The van der Waals surface area contributed by atoms with Crippen molar-refractivity contribution in [2.75, 3.05) is 0 Å². The van der Waals surface area contributed by atoms with E-state index in [0.717, 1.165) is 28.9 Å². The zero-order valence-electron chi connectivity index (χ0n) is 13.4. The summed E-state index contributed by atoms with van der Waals surface area (Å²) in [5, 5.41) is 4.51. The van der Waals surface area contributed by atoms with Crippen molar-refractivity contribution in [3.8, 4) is 0 Å². The minimum atomic E-state index is -0.103. The van der Waals surface area contributed by atoms with Gasteiger partial charge in [0.05, 0.1) is 15.9 Å². The van der Waals surface area contributed by atoms with Crippen LogP contribution >= 0.6 is 15.9 Å². The molecule has 4 heteroatoms. The van der Waals surface area contributed by atoms with Crippen LogP contribution in [0.15, 0.2) is 4.47 Å². The van der Waals surface area contributed by atoms with Crippen LogP contribution < -0.4 is 5.73 Å². The Balaban J connectivity index is 2.31. The lowest BCUT2D eigenvalue weighted by Gasteiger charge is -2.46. The molecule has 3 unspecified atom stereocenters. The number of rotatable bonds is 3. The summed E-state index contributed by atoms with van der Waals surface area (Å²) in [6.07, 6.45) is 4.60. The van der Waals surface area contributed by atoms with Crippen molar-refractivity contribution < 1.29 is 0 Å². The lowest BCUT2D eigenvalue weighted by Crippen LogP contribution is -2.54. The topological polar surface area (TPSA) is 43.8 Å². The van der Waals surface area contributed by atoms with Gasteiger partial charge in [-0.25, -0.2) is 0 Å². The van der Waals surface area contributed by atoms with Gasteiger partial charge in [0.25, 0.3) is 0 Å². The molecule has 1 heterocycles. The van der Waals surface area contributed by atoms with Gasteiger partial charge in [-0.2, -0.15) is 5.10 Å². The number of aromatic nitrogens is 2. The second kappa shape index (κ2) is 5.80. The number of halogens is 1. The molecule has 0 spiro atoms. The molecule has 0 aliphatic heterocycles. The quantitative estimate of drug-likeness (QED) is 0.907. The van der Waals surface area contributed by atoms with Gasteiger partial charge in [0, 0.05) is 19.0 Å². The van der Waals surface area contributed by atoms with Crippen molar-refractivity contribution in [1.29, 1.82) is 0 Å². The Bertz CT molecular complexity index is 480. The first kappa shape index (κ1) is 16.0. The predicted octanol–water partition coefficient (Wildman–Crippen LogP) is 3.82. The van der Waals surface area contributed by atoms with Gasteiger partial charge in [-0.3, -0.25) is 4.68 Å². The van der Waals surface area contributed by atoms with Crippen molar-refractivity contribution in [3.63, 3.8) is 0 Å². The van der Waals surface area contributed by atoms with Crippen LogP contribution in [-0.4, -0.2) is 15.3 Å². The lowest BCUT2D eigenvalue weighted by molar-refractivity contribution is 0.107. The fourth-order valence-electron chi connectivity index (χ4n) is 4.04. The third-order valence-corrected chi connectivity index (χ3v) is 6.03. The van der Waals surface area contributed by atoms with Crippen LogP contribution in [0.3, 0.4) is 0 Å². The molecule has 0 bridgehead atoms. The maximum Gasteiger partial charge on any atom is 0.0738 e. The summed E-state index contributed by atoms with van der Waals surface area (Å²) in [5.74, 6) is 1.96. The number of hydrogen-bond donors (Lipinski definition) is 1. The highest BCUT2D eigenvalue weighted by atomic mass is 79.9. The van der Waals surface area contributed by atoms with Crippen LogP contribution in [-0.2, 0) is 13.5 Å². The van der Waals surface area contributed by atoms with E-state index in [1.807, 2.05) is 18.7 Å². The molecule has 0 radical (unpaired) electrons. The van der Waals surface area contributed by atoms with Crippen LogP contribution in [0.4, 0.5) is 0 Å². The summed E-state index contributed by atoms with van der Waals surface area (Å²) in [5.41, 5.74) is 9.10. The third kappa shape index (κ3) is 2.96. The van der Waals surface area contributed by atoms with E-state index < -0.39 is 0 Å². The molecule has 1 fully saturated rings.